The molecule has 0 amide bonds. The van der Waals surface area contributed by atoms with Crippen LogP contribution in [-0.4, -0.2) is 124 Å². The summed E-state index contributed by atoms with van der Waals surface area (Å²) in [6, 6.07) is 0. The first kappa shape index (κ1) is 74.5. The number of carboxylic acid groups (broad SMARTS) is 2. The van der Waals surface area contributed by atoms with Crippen molar-refractivity contribution in [3.05, 3.63) is 0 Å². The normalized spacial score (nSPS) is 14.3. The topological polar surface area (TPSA) is 167 Å². The van der Waals surface area contributed by atoms with Gasteiger partial charge in [-0.2, -0.15) is 0 Å². The number of rotatable bonds is 59. The van der Waals surface area contributed by atoms with Crippen LogP contribution in [0.2, 0.25) is 0 Å². The molecule has 0 aromatic carbocycles. The first-order chi connectivity index (χ1) is 36.9. The summed E-state index contributed by atoms with van der Waals surface area (Å²) in [5.74, 6) is -11.3. The summed E-state index contributed by atoms with van der Waals surface area (Å²) in [6.45, 7) is 26.5. The summed E-state index contributed by atoms with van der Waals surface area (Å²) in [5, 5.41) is 23.6. The van der Waals surface area contributed by atoms with Crippen molar-refractivity contribution in [2.24, 2.45) is 5.41 Å². The van der Waals surface area contributed by atoms with Crippen LogP contribution in [0.5, 0.6) is 0 Å². The van der Waals surface area contributed by atoms with Crippen molar-refractivity contribution in [3.8, 4) is 0 Å². The summed E-state index contributed by atoms with van der Waals surface area (Å²) in [7, 11) is 0. The molecule has 0 bridgehead atoms. The first-order valence-electron chi connectivity index (χ1n) is 31.7. The highest BCUT2D eigenvalue weighted by molar-refractivity contribution is 5.79. The number of hydrogen-bond acceptors (Lipinski definition) is 12. The van der Waals surface area contributed by atoms with Crippen LogP contribution in [0.3, 0.4) is 0 Å². The lowest BCUT2D eigenvalue weighted by Crippen LogP contribution is -2.86. The fraction of sp³-hybridized carbons (Fsp3) is 0.968. The van der Waals surface area contributed by atoms with Gasteiger partial charge in [0, 0.05) is 19.6 Å². The molecule has 76 heavy (non-hydrogen) atoms. The van der Waals surface area contributed by atoms with Crippen LogP contribution >= 0.6 is 0 Å². The lowest BCUT2D eigenvalue weighted by Gasteiger charge is -2.65. The van der Waals surface area contributed by atoms with Gasteiger partial charge >= 0.3 is 11.9 Å². The third-order valence-corrected chi connectivity index (χ3v) is 14.6. The summed E-state index contributed by atoms with van der Waals surface area (Å²) >= 11 is 0. The van der Waals surface area contributed by atoms with E-state index in [9.17, 15) is 15.0 Å². The Bertz CT molecular complexity index is 1220. The van der Waals surface area contributed by atoms with Gasteiger partial charge < -0.3 is 57.6 Å². The Hall–Kier alpha value is -1.46. The van der Waals surface area contributed by atoms with Crippen molar-refractivity contribution in [2.75, 3.05) is 66.1 Å². The van der Waals surface area contributed by atoms with Gasteiger partial charge in [0.2, 0.25) is 11.6 Å². The van der Waals surface area contributed by atoms with Gasteiger partial charge in [0.1, 0.15) is 12.2 Å². The van der Waals surface area contributed by atoms with Gasteiger partial charge in [-0.05, 0) is 90.9 Å². The molecular formula is C62H122O14. The van der Waals surface area contributed by atoms with E-state index in [4.69, 9.17) is 47.4 Å². The van der Waals surface area contributed by atoms with Crippen LogP contribution < -0.4 is 0 Å². The molecule has 0 aromatic rings. The number of ether oxygens (including phenoxy) is 10. The van der Waals surface area contributed by atoms with E-state index in [-0.39, 0.29) is 85.3 Å². The average Bonchev–Trinajstić information content (AvgIpc) is 3.41. The molecule has 0 aliphatic carbocycles. The quantitative estimate of drug-likeness (QED) is 0.0436. The minimum atomic E-state index is -2.51. The molecule has 2 N–H and O–H groups in total. The largest absolute Gasteiger partial charge is 0.481 e. The van der Waals surface area contributed by atoms with Crippen LogP contribution in [0.15, 0.2) is 0 Å². The van der Waals surface area contributed by atoms with Gasteiger partial charge in [0.05, 0.1) is 52.9 Å². The zero-order chi connectivity index (χ0) is 56.9. The van der Waals surface area contributed by atoms with E-state index < -0.39 is 52.7 Å². The van der Waals surface area contributed by atoms with E-state index >= 15 is 4.79 Å². The van der Waals surface area contributed by atoms with Crippen molar-refractivity contribution in [1.29, 1.82) is 0 Å². The van der Waals surface area contributed by atoms with Crippen molar-refractivity contribution < 1.29 is 67.2 Å². The molecule has 14 heteroatoms. The molecule has 0 saturated heterocycles. The van der Waals surface area contributed by atoms with Crippen LogP contribution in [0, 0.1) is 5.41 Å². The maximum absolute atomic E-state index is 16.7. The molecule has 0 spiro atoms. The molecule has 454 valence electrons. The Morgan fingerprint density at radius 2 is 0.605 bits per heavy atom. The van der Waals surface area contributed by atoms with E-state index in [1.807, 2.05) is 27.7 Å². The fourth-order valence-electron chi connectivity index (χ4n) is 10.6. The van der Waals surface area contributed by atoms with Crippen molar-refractivity contribution in [3.63, 3.8) is 0 Å². The highest BCUT2D eigenvalue weighted by atomic mass is 16.8. The second-order valence-corrected chi connectivity index (χ2v) is 20.9. The predicted molar refractivity (Wildman–Crippen MR) is 307 cm³/mol. The van der Waals surface area contributed by atoms with E-state index in [1.165, 1.54) is 0 Å². The Kier molecular flexibility index (Phi) is 45.3. The summed E-state index contributed by atoms with van der Waals surface area (Å²) in [5.41, 5.74) is -2.51. The van der Waals surface area contributed by atoms with Crippen LogP contribution in [0.25, 0.3) is 0 Å². The van der Waals surface area contributed by atoms with Crippen molar-refractivity contribution >= 4 is 11.9 Å². The van der Waals surface area contributed by atoms with Gasteiger partial charge in [0.25, 0.3) is 11.6 Å². The highest BCUT2D eigenvalue weighted by Crippen LogP contribution is 2.63. The van der Waals surface area contributed by atoms with Gasteiger partial charge in [0.15, 0.2) is 5.41 Å². The molecule has 2 atom stereocenters. The van der Waals surface area contributed by atoms with Gasteiger partial charge in [-0.3, -0.25) is 9.59 Å². The number of hydrogen-bond donors (Lipinski definition) is 2. The lowest BCUT2D eigenvalue weighted by molar-refractivity contribution is -0.528. The fourth-order valence-corrected chi connectivity index (χ4v) is 10.6. The van der Waals surface area contributed by atoms with Gasteiger partial charge in [-0.25, -0.2) is 0 Å². The van der Waals surface area contributed by atoms with Gasteiger partial charge in [-0.1, -0.05) is 185 Å². The number of aliphatic carboxylic acids is 2. The zero-order valence-electron chi connectivity index (χ0n) is 51.4. The maximum Gasteiger partial charge on any atom is 0.321 e. The Morgan fingerprint density at radius 3 is 0.816 bits per heavy atom. The third-order valence-electron chi connectivity index (χ3n) is 14.6. The van der Waals surface area contributed by atoms with Crippen LogP contribution in [0.1, 0.15) is 282 Å². The van der Waals surface area contributed by atoms with E-state index in [1.54, 1.807) is 0 Å². The maximum atomic E-state index is 16.7. The third kappa shape index (κ3) is 22.8. The summed E-state index contributed by atoms with van der Waals surface area (Å²) in [6.07, 6.45) is 18.0. The van der Waals surface area contributed by atoms with Gasteiger partial charge in [-0.15, -0.1) is 0 Å². The van der Waals surface area contributed by atoms with Crippen molar-refractivity contribution in [1.82, 2.24) is 0 Å². The minimum Gasteiger partial charge on any atom is -0.481 e. The van der Waals surface area contributed by atoms with Crippen LogP contribution in [-0.2, 0) is 57.0 Å². The molecule has 0 radical (unpaired) electrons. The number of unbranched alkanes of at least 4 members (excludes halogenated alkanes) is 18. The number of carboxylic acids is 2. The molecule has 14 nitrogen and oxygen atoms in total. The molecule has 0 aromatic heterocycles. The van der Waals surface area contributed by atoms with E-state index in [2.05, 4.69) is 55.4 Å². The Morgan fingerprint density at radius 1 is 0.342 bits per heavy atom. The SMILES string of the molecule is CCCCCOC(OCCCCC)(C(CC)OCC)C(OCCCCC)(OCCCCC)C(CCCCCC(=O)O)(C(=O)O)C(OCCCCC)(OCCCCC)C(OCCCCC)(OCCCCC)C(CC)OCC. The second kappa shape index (κ2) is 46.2. The predicted octanol–water partition coefficient (Wildman–Crippen LogP) is 16.2. The van der Waals surface area contributed by atoms with E-state index in [0.29, 0.717) is 77.0 Å². The molecule has 0 heterocycles. The highest BCUT2D eigenvalue weighted by Gasteiger charge is 2.86. The smallest absolute Gasteiger partial charge is 0.321 e. The summed E-state index contributed by atoms with van der Waals surface area (Å²) < 4.78 is 75.6. The van der Waals surface area contributed by atoms with Crippen molar-refractivity contribution in [2.45, 2.75) is 317 Å². The first-order valence-corrected chi connectivity index (χ1v) is 31.7. The Balaban J connectivity index is 10.8. The zero-order valence-corrected chi connectivity index (χ0v) is 51.4. The molecule has 0 aliphatic rings. The monoisotopic (exact) mass is 1090 g/mol. The molecule has 0 rings (SSSR count). The number of carbonyl (C=O) groups is 2. The second-order valence-electron chi connectivity index (χ2n) is 20.9. The lowest BCUT2D eigenvalue weighted by atomic mass is 9.60. The molecule has 0 fully saturated rings. The van der Waals surface area contributed by atoms with E-state index in [0.717, 1.165) is 103 Å². The van der Waals surface area contributed by atoms with Crippen LogP contribution in [0.4, 0.5) is 0 Å². The minimum absolute atomic E-state index is 0.0722. The molecular weight excluding hydrogens is 969 g/mol. The molecule has 0 saturated carbocycles. The molecule has 0 aliphatic heterocycles. The average molecular weight is 1090 g/mol. The Labute approximate surface area is 466 Å². The standard InChI is InChI=1S/C62H122O14/c1-13-25-36-46-69-59(54(21-9)67-23-11,70-47-37-26-14-2)61(73-50-40-29-17-5,74-51-41-30-18-6)58(57(65)66,45-35-33-34-44-56(63)64)62(75-52-42-31-19-7,76-53-43-32-20-8)60(55(22-10)68-24-12,71-48-38-27-15-3)72-49-39-28-16-4/h54-55H,13-53H2,1-12H3,(H,63,64)(H,65,66). The molecule has 2 unspecified atom stereocenters. The summed E-state index contributed by atoms with van der Waals surface area (Å²) in [4.78, 5) is 28.9.